The third kappa shape index (κ3) is 4.17. The van der Waals surface area contributed by atoms with Crippen molar-refractivity contribution in [2.75, 3.05) is 6.61 Å². The summed E-state index contributed by atoms with van der Waals surface area (Å²) < 4.78 is 16.8. The Morgan fingerprint density at radius 1 is 1.14 bits per heavy atom. The van der Waals surface area contributed by atoms with Gasteiger partial charge >= 0.3 is 5.97 Å². The minimum Gasteiger partial charge on any atom is -0.492 e. The lowest BCUT2D eigenvalue weighted by atomic mass is 9.95. The second kappa shape index (κ2) is 7.76. The van der Waals surface area contributed by atoms with Gasteiger partial charge in [-0.2, -0.15) is 0 Å². The molecule has 3 rings (SSSR count). The van der Waals surface area contributed by atoms with Gasteiger partial charge in [0, 0.05) is 6.07 Å². The fourth-order valence-corrected chi connectivity index (χ4v) is 2.53. The van der Waals surface area contributed by atoms with E-state index in [-0.39, 0.29) is 17.8 Å². The molecule has 1 heterocycles. The molecular weight excluding hydrogens is 360 g/mol. The summed E-state index contributed by atoms with van der Waals surface area (Å²) in [7, 11) is 0. The van der Waals surface area contributed by atoms with E-state index in [1.165, 1.54) is 6.26 Å². The van der Waals surface area contributed by atoms with Crippen LogP contribution in [0.1, 0.15) is 26.3 Å². The molecule has 0 bridgehead atoms. The van der Waals surface area contributed by atoms with E-state index in [0.717, 1.165) is 12.0 Å². The van der Waals surface area contributed by atoms with Gasteiger partial charge in [-0.25, -0.2) is 0 Å². The van der Waals surface area contributed by atoms with Crippen LogP contribution in [0.15, 0.2) is 57.9 Å². The van der Waals surface area contributed by atoms with E-state index in [1.807, 2.05) is 25.1 Å². The number of aliphatic carboxylic acids is 1. The highest BCUT2D eigenvalue weighted by Gasteiger charge is 2.28. The minimum absolute atomic E-state index is 0.00691. The Bertz CT molecular complexity index is 1060. The maximum Gasteiger partial charge on any atom is 0.312 e. The fourth-order valence-electron chi connectivity index (χ4n) is 2.53. The quantitative estimate of drug-likeness (QED) is 0.641. The van der Waals surface area contributed by atoms with Crippen LogP contribution >= 0.6 is 0 Å². The summed E-state index contributed by atoms with van der Waals surface area (Å²) in [6, 6.07) is 12.3. The highest BCUT2D eigenvalue weighted by Crippen LogP contribution is 2.26. The average molecular weight is 382 g/mol. The molecule has 3 aromatic rings. The molecule has 0 aliphatic heterocycles. The first kappa shape index (κ1) is 19.5. The van der Waals surface area contributed by atoms with Gasteiger partial charge in [0.1, 0.15) is 30.0 Å². The van der Waals surface area contributed by atoms with Gasteiger partial charge in [0.25, 0.3) is 0 Å². The van der Waals surface area contributed by atoms with Crippen LogP contribution in [0.4, 0.5) is 0 Å². The molecule has 0 spiro atoms. The SMILES string of the molecule is CCc1cccc(Oc2coc3cc(OCC(C)(C)C(=O)O)ccc3c2=O)c1. The van der Waals surface area contributed by atoms with Crippen molar-refractivity contribution < 1.29 is 23.8 Å². The van der Waals surface area contributed by atoms with Crippen LogP contribution in [0, 0.1) is 5.41 Å². The first-order chi connectivity index (χ1) is 13.3. The number of ether oxygens (including phenoxy) is 2. The zero-order valence-electron chi connectivity index (χ0n) is 16.0. The Morgan fingerprint density at radius 2 is 1.93 bits per heavy atom. The Hall–Kier alpha value is -3.28. The van der Waals surface area contributed by atoms with Gasteiger partial charge in [-0.15, -0.1) is 0 Å². The van der Waals surface area contributed by atoms with Gasteiger partial charge < -0.3 is 19.0 Å². The molecule has 0 radical (unpaired) electrons. The Kier molecular flexibility index (Phi) is 5.40. The standard InChI is InChI=1S/C22H22O6/c1-4-14-6-5-7-16(10-14)28-19-12-26-18-11-15(8-9-17(18)20(19)23)27-13-22(2,3)21(24)25/h5-12H,4,13H2,1-3H3,(H,24,25). The van der Waals surface area contributed by atoms with E-state index in [0.29, 0.717) is 22.5 Å². The van der Waals surface area contributed by atoms with Crippen molar-refractivity contribution in [1.82, 2.24) is 0 Å². The van der Waals surface area contributed by atoms with Crippen molar-refractivity contribution in [3.05, 3.63) is 64.5 Å². The predicted octanol–water partition coefficient (Wildman–Crippen LogP) is 4.64. The zero-order chi connectivity index (χ0) is 20.3. The number of hydrogen-bond acceptors (Lipinski definition) is 5. The molecule has 6 nitrogen and oxygen atoms in total. The van der Waals surface area contributed by atoms with Crippen LogP contribution in [0.5, 0.6) is 17.2 Å². The first-order valence-corrected chi connectivity index (χ1v) is 8.99. The molecule has 2 aromatic carbocycles. The Labute approximate surface area is 162 Å². The molecule has 28 heavy (non-hydrogen) atoms. The summed E-state index contributed by atoms with van der Waals surface area (Å²) in [5.41, 5.74) is 0.125. The summed E-state index contributed by atoms with van der Waals surface area (Å²) in [5, 5.41) is 9.51. The van der Waals surface area contributed by atoms with Crippen LogP contribution in [0.2, 0.25) is 0 Å². The number of benzene rings is 2. The fraction of sp³-hybridized carbons (Fsp3) is 0.273. The van der Waals surface area contributed by atoms with Crippen molar-refractivity contribution in [2.45, 2.75) is 27.2 Å². The smallest absolute Gasteiger partial charge is 0.312 e. The maximum atomic E-state index is 12.7. The molecule has 1 aromatic heterocycles. The maximum absolute atomic E-state index is 12.7. The number of carbonyl (C=O) groups is 1. The van der Waals surface area contributed by atoms with E-state index in [4.69, 9.17) is 19.0 Å². The third-order valence-corrected chi connectivity index (χ3v) is 4.43. The van der Waals surface area contributed by atoms with Gasteiger partial charge in [-0.05, 0) is 50.1 Å². The lowest BCUT2D eigenvalue weighted by Crippen LogP contribution is -2.30. The number of rotatable bonds is 7. The number of carboxylic acids is 1. The molecule has 0 unspecified atom stereocenters. The number of carboxylic acid groups (broad SMARTS) is 1. The van der Waals surface area contributed by atoms with Crippen molar-refractivity contribution in [3.63, 3.8) is 0 Å². The molecule has 146 valence electrons. The lowest BCUT2D eigenvalue weighted by molar-refractivity contribution is -0.148. The molecule has 0 aliphatic carbocycles. The average Bonchev–Trinajstić information content (AvgIpc) is 2.68. The van der Waals surface area contributed by atoms with Crippen LogP contribution in [0.25, 0.3) is 11.0 Å². The summed E-state index contributed by atoms with van der Waals surface area (Å²) in [4.78, 5) is 23.9. The molecule has 0 amide bonds. The van der Waals surface area contributed by atoms with Gasteiger partial charge in [-0.3, -0.25) is 9.59 Å². The van der Waals surface area contributed by atoms with Crippen molar-refractivity contribution >= 4 is 16.9 Å². The third-order valence-electron chi connectivity index (χ3n) is 4.43. The largest absolute Gasteiger partial charge is 0.492 e. The van der Waals surface area contributed by atoms with Crippen molar-refractivity contribution in [2.24, 2.45) is 5.41 Å². The predicted molar refractivity (Wildman–Crippen MR) is 105 cm³/mol. The minimum atomic E-state index is -1.03. The summed E-state index contributed by atoms with van der Waals surface area (Å²) in [6.45, 7) is 5.19. The Balaban J connectivity index is 1.84. The van der Waals surface area contributed by atoms with Gasteiger partial charge in [0.2, 0.25) is 11.2 Å². The van der Waals surface area contributed by atoms with Crippen LogP contribution in [0.3, 0.4) is 0 Å². The molecule has 0 saturated carbocycles. The molecule has 0 saturated heterocycles. The van der Waals surface area contributed by atoms with E-state index in [1.54, 1.807) is 38.1 Å². The molecule has 6 heteroatoms. The monoisotopic (exact) mass is 382 g/mol. The van der Waals surface area contributed by atoms with E-state index < -0.39 is 11.4 Å². The Morgan fingerprint density at radius 3 is 2.64 bits per heavy atom. The molecule has 0 atom stereocenters. The first-order valence-electron chi connectivity index (χ1n) is 8.99. The summed E-state index contributed by atoms with van der Waals surface area (Å²) in [5.74, 6) is 0.145. The molecule has 0 fully saturated rings. The lowest BCUT2D eigenvalue weighted by Gasteiger charge is -2.19. The van der Waals surface area contributed by atoms with E-state index in [9.17, 15) is 9.59 Å². The number of aryl methyl sites for hydroxylation is 1. The summed E-state index contributed by atoms with van der Waals surface area (Å²) in [6.07, 6.45) is 2.14. The van der Waals surface area contributed by atoms with Crippen LogP contribution in [-0.2, 0) is 11.2 Å². The zero-order valence-corrected chi connectivity index (χ0v) is 16.0. The van der Waals surface area contributed by atoms with E-state index >= 15 is 0 Å². The number of fused-ring (bicyclic) bond motifs is 1. The normalized spacial score (nSPS) is 11.4. The van der Waals surface area contributed by atoms with Gasteiger partial charge in [-0.1, -0.05) is 19.1 Å². The van der Waals surface area contributed by atoms with Crippen molar-refractivity contribution in [3.8, 4) is 17.2 Å². The second-order valence-corrected chi connectivity index (χ2v) is 7.17. The highest BCUT2D eigenvalue weighted by atomic mass is 16.5. The number of hydrogen-bond donors (Lipinski definition) is 1. The second-order valence-electron chi connectivity index (χ2n) is 7.17. The molecule has 0 aliphatic rings. The van der Waals surface area contributed by atoms with Crippen molar-refractivity contribution in [1.29, 1.82) is 0 Å². The van der Waals surface area contributed by atoms with E-state index in [2.05, 4.69) is 0 Å². The van der Waals surface area contributed by atoms with Gasteiger partial charge in [0.05, 0.1) is 10.8 Å². The molecule has 1 N–H and O–H groups in total. The van der Waals surface area contributed by atoms with Crippen LogP contribution in [-0.4, -0.2) is 17.7 Å². The topological polar surface area (TPSA) is 86.0 Å². The highest BCUT2D eigenvalue weighted by molar-refractivity contribution is 5.79. The van der Waals surface area contributed by atoms with Crippen LogP contribution < -0.4 is 14.9 Å². The summed E-state index contributed by atoms with van der Waals surface area (Å²) >= 11 is 0. The van der Waals surface area contributed by atoms with Gasteiger partial charge in [0.15, 0.2) is 0 Å². The molecular formula is C22H22O6.